The molecule has 2 aromatic rings. The maximum atomic E-state index is 16.2. The first-order chi connectivity index (χ1) is 22.0. The van der Waals surface area contributed by atoms with Crippen molar-refractivity contribution in [2.24, 2.45) is 0 Å². The molecule has 0 saturated carbocycles. The standard InChI is InChI=1S/C25H38F2N5O13P/c1-8-28-21-30-17-16(18(31-21)37-9-2)29-11-32(17)20-24(7,35)19(26)25(27,45-20)10-40-46(36,41-12-38-22(33)43-14(3)4)42-13-39-23(34)44-15(5)6/h11,14-15,19-20,35H,8-10,12-13H2,1-7H3,(H,28,30,31)/t19-,20+,24+,25+/m0/s1/i1T. The number of hydrogen-bond acceptors (Lipinski definition) is 17. The van der Waals surface area contributed by atoms with Gasteiger partial charge >= 0.3 is 20.1 Å². The Balaban J connectivity index is 1.83. The van der Waals surface area contributed by atoms with Crippen LogP contribution in [0.2, 0.25) is 0 Å². The van der Waals surface area contributed by atoms with E-state index < -0.39 is 76.4 Å². The summed E-state index contributed by atoms with van der Waals surface area (Å²) < 4.78 is 97.8. The molecular weight excluding hydrogens is 647 g/mol. The first kappa shape index (κ1) is 35.4. The molecule has 0 spiro atoms. The van der Waals surface area contributed by atoms with E-state index >= 15 is 8.78 Å². The summed E-state index contributed by atoms with van der Waals surface area (Å²) in [6.45, 7) is 5.32. The van der Waals surface area contributed by atoms with Gasteiger partial charge in [0.2, 0.25) is 25.4 Å². The van der Waals surface area contributed by atoms with E-state index in [0.29, 0.717) is 0 Å². The molecule has 0 aliphatic carbocycles. The molecule has 0 bridgehead atoms. The zero-order chi connectivity index (χ0) is 35.0. The van der Waals surface area contributed by atoms with Crippen molar-refractivity contribution >= 4 is 37.2 Å². The molecular formula is C25H38F2N5O13P. The minimum Gasteiger partial charge on any atom is -0.476 e. The number of fused-ring (bicyclic) bond motifs is 1. The smallest absolute Gasteiger partial charge is 0.476 e. The number of rotatable bonds is 16. The predicted octanol–water partition coefficient (Wildman–Crippen LogP) is 4.14. The molecule has 1 saturated heterocycles. The quantitative estimate of drug-likeness (QED) is 0.144. The number of aromatic nitrogens is 4. The largest absolute Gasteiger partial charge is 0.510 e. The lowest BCUT2D eigenvalue weighted by Gasteiger charge is -2.26. The van der Waals surface area contributed by atoms with Crippen molar-refractivity contribution in [3.05, 3.63) is 6.33 Å². The molecule has 0 aromatic carbocycles. The average Bonchev–Trinajstić information content (AvgIpc) is 3.47. The highest BCUT2D eigenvalue weighted by Crippen LogP contribution is 2.54. The SMILES string of the molecule is [3H]CCNc1nc(OCC)c2ncn([C@@H]3O[C@](F)(COP(=O)(OCOC(=O)OC(C)C)OCOC(=O)OC(C)C)[C@@H](F)[C@@]3(C)O)c2n1. The van der Waals surface area contributed by atoms with Gasteiger partial charge in [0.1, 0.15) is 12.2 Å². The van der Waals surface area contributed by atoms with Crippen LogP contribution in [0.15, 0.2) is 6.33 Å². The van der Waals surface area contributed by atoms with Crippen LogP contribution >= 0.6 is 7.82 Å². The second-order valence-corrected chi connectivity index (χ2v) is 11.9. The topological polar surface area (TPSA) is 210 Å². The zero-order valence-corrected chi connectivity index (χ0v) is 26.9. The number of hydrogen-bond donors (Lipinski definition) is 2. The first-order valence-electron chi connectivity index (χ1n) is 14.6. The average molecular weight is 688 g/mol. The zero-order valence-electron chi connectivity index (χ0n) is 27.0. The molecule has 1 fully saturated rings. The van der Waals surface area contributed by atoms with E-state index in [1.165, 1.54) is 27.7 Å². The van der Waals surface area contributed by atoms with Crippen molar-refractivity contribution in [1.82, 2.24) is 19.5 Å². The van der Waals surface area contributed by atoms with Gasteiger partial charge in [-0.05, 0) is 48.4 Å². The number of carbonyl (C=O) groups excluding carboxylic acids is 2. The molecule has 3 rings (SSSR count). The van der Waals surface area contributed by atoms with Crippen LogP contribution in [-0.4, -0.2) is 100 Å². The van der Waals surface area contributed by atoms with Crippen LogP contribution in [0, 0.1) is 0 Å². The lowest BCUT2D eigenvalue weighted by Crippen LogP contribution is -2.46. The molecule has 0 amide bonds. The van der Waals surface area contributed by atoms with E-state index in [1.54, 1.807) is 6.92 Å². The van der Waals surface area contributed by atoms with Crippen LogP contribution in [0.4, 0.5) is 24.3 Å². The van der Waals surface area contributed by atoms with Gasteiger partial charge in [-0.15, -0.1) is 0 Å². The van der Waals surface area contributed by atoms with E-state index in [2.05, 4.69) is 29.7 Å². The van der Waals surface area contributed by atoms with Crippen LogP contribution in [0.5, 0.6) is 5.88 Å². The minimum absolute atomic E-state index is 0.00783. The monoisotopic (exact) mass is 687 g/mol. The molecule has 3 heterocycles. The van der Waals surface area contributed by atoms with Gasteiger partial charge in [-0.3, -0.25) is 9.09 Å². The van der Waals surface area contributed by atoms with Gasteiger partial charge in [-0.25, -0.2) is 37.0 Å². The molecule has 1 aliphatic rings. The Morgan fingerprint density at radius 1 is 1.15 bits per heavy atom. The van der Waals surface area contributed by atoms with Crippen molar-refractivity contribution in [2.75, 3.05) is 38.7 Å². The summed E-state index contributed by atoms with van der Waals surface area (Å²) in [4.78, 5) is 36.0. The van der Waals surface area contributed by atoms with Gasteiger partial charge in [-0.2, -0.15) is 9.97 Å². The molecule has 0 radical (unpaired) electrons. The number of imidazole rings is 1. The predicted molar refractivity (Wildman–Crippen MR) is 151 cm³/mol. The normalized spacial score (nSPS) is 23.4. The Bertz CT molecular complexity index is 1390. The highest BCUT2D eigenvalue weighted by Gasteiger charge is 2.65. The Morgan fingerprint density at radius 2 is 1.76 bits per heavy atom. The highest BCUT2D eigenvalue weighted by molar-refractivity contribution is 7.48. The number of carbonyl (C=O) groups is 2. The molecule has 2 aromatic heterocycles. The minimum atomic E-state index is -5.03. The summed E-state index contributed by atoms with van der Waals surface area (Å²) in [5.74, 6) is -3.49. The third-order valence-electron chi connectivity index (χ3n) is 5.76. The molecule has 260 valence electrons. The third kappa shape index (κ3) is 9.10. The lowest BCUT2D eigenvalue weighted by atomic mass is 9.97. The number of phosphoric acid groups is 1. The van der Waals surface area contributed by atoms with Gasteiger partial charge < -0.3 is 38.8 Å². The molecule has 0 unspecified atom stereocenters. The van der Waals surface area contributed by atoms with Crippen LogP contribution in [0.25, 0.3) is 11.2 Å². The fourth-order valence-electron chi connectivity index (χ4n) is 3.87. The molecule has 18 nitrogen and oxygen atoms in total. The van der Waals surface area contributed by atoms with Crippen LogP contribution in [0.1, 0.15) is 56.0 Å². The van der Waals surface area contributed by atoms with Crippen LogP contribution in [-0.2, 0) is 41.8 Å². The van der Waals surface area contributed by atoms with Crippen LogP contribution < -0.4 is 10.1 Å². The van der Waals surface area contributed by atoms with Gasteiger partial charge in [0, 0.05) is 7.92 Å². The summed E-state index contributed by atoms with van der Waals surface area (Å²) in [6, 6.07) is 0. The Morgan fingerprint density at radius 3 is 2.30 bits per heavy atom. The number of nitrogens with zero attached hydrogens (tertiary/aromatic N) is 4. The first-order valence-corrected chi connectivity index (χ1v) is 15.3. The molecule has 4 atom stereocenters. The number of ether oxygens (including phenoxy) is 6. The maximum Gasteiger partial charge on any atom is 0.510 e. The van der Waals surface area contributed by atoms with Gasteiger partial charge in [-0.1, -0.05) is 0 Å². The highest BCUT2D eigenvalue weighted by atomic mass is 31.2. The summed E-state index contributed by atoms with van der Waals surface area (Å²) in [6.07, 6.45) is -7.21. The van der Waals surface area contributed by atoms with Crippen molar-refractivity contribution < 1.29 is 71.4 Å². The van der Waals surface area contributed by atoms with Crippen molar-refractivity contribution in [2.45, 2.75) is 84.5 Å². The van der Waals surface area contributed by atoms with E-state index in [9.17, 15) is 19.3 Å². The van der Waals surface area contributed by atoms with Crippen molar-refractivity contribution in [3.63, 3.8) is 0 Å². The Labute approximate surface area is 263 Å². The Hall–Kier alpha value is -3.42. The second kappa shape index (κ2) is 15.4. The fraction of sp³-hybridized carbons (Fsp3) is 0.720. The third-order valence-corrected chi connectivity index (χ3v) is 7.05. The summed E-state index contributed by atoms with van der Waals surface area (Å²) >= 11 is 0. The van der Waals surface area contributed by atoms with Gasteiger partial charge in [0.15, 0.2) is 23.6 Å². The van der Waals surface area contributed by atoms with E-state index in [-0.39, 0.29) is 43.0 Å². The molecule has 46 heavy (non-hydrogen) atoms. The number of nitrogens with one attached hydrogen (secondary N) is 1. The van der Waals surface area contributed by atoms with Crippen molar-refractivity contribution in [1.29, 1.82) is 0 Å². The van der Waals surface area contributed by atoms with Crippen molar-refractivity contribution in [3.8, 4) is 5.88 Å². The second-order valence-electron chi connectivity index (χ2n) is 10.2. The van der Waals surface area contributed by atoms with E-state index in [0.717, 1.165) is 17.8 Å². The summed E-state index contributed by atoms with van der Waals surface area (Å²) in [7, 11) is -5.03. The molecule has 1 aliphatic heterocycles. The fourth-order valence-corrected chi connectivity index (χ4v) is 4.79. The van der Waals surface area contributed by atoms with E-state index in [1.807, 2.05) is 0 Å². The number of aliphatic hydroxyl groups is 1. The number of halogens is 2. The van der Waals surface area contributed by atoms with Crippen LogP contribution in [0.3, 0.4) is 0 Å². The maximum absolute atomic E-state index is 16.2. The van der Waals surface area contributed by atoms with Gasteiger partial charge in [0.25, 0.3) is 5.85 Å². The number of anilines is 1. The molecule has 21 heteroatoms. The molecule has 2 N–H and O–H groups in total. The van der Waals surface area contributed by atoms with Gasteiger partial charge in [0.05, 0.1) is 25.1 Å². The van der Waals surface area contributed by atoms with E-state index in [4.69, 9.17) is 33.9 Å². The summed E-state index contributed by atoms with van der Waals surface area (Å²) in [5, 5.41) is 13.9. The lowest BCUT2D eigenvalue weighted by molar-refractivity contribution is -0.195. The summed E-state index contributed by atoms with van der Waals surface area (Å²) in [5.41, 5.74) is -2.59. The Kier molecular flexibility index (Phi) is 11.9. The number of phosphoric ester groups is 1. The number of alkyl halides is 2.